The zero-order valence-corrected chi connectivity index (χ0v) is 23.6. The van der Waals surface area contributed by atoms with Crippen LogP contribution in [0.4, 0.5) is 4.79 Å². The summed E-state index contributed by atoms with van der Waals surface area (Å²) in [7, 11) is 0. The molecule has 0 aliphatic carbocycles. The Hall–Kier alpha value is -4.28. The van der Waals surface area contributed by atoms with Crippen molar-refractivity contribution in [2.45, 2.75) is 71.9 Å². The molecule has 210 valence electrons. The van der Waals surface area contributed by atoms with E-state index in [9.17, 15) is 9.59 Å². The largest absolute Gasteiger partial charge is 0.444 e. The maximum absolute atomic E-state index is 12.5. The summed E-state index contributed by atoms with van der Waals surface area (Å²) in [6.07, 6.45) is 5.88. The number of aromatic nitrogens is 5. The van der Waals surface area contributed by atoms with Crippen LogP contribution in [-0.2, 0) is 17.7 Å². The molecule has 1 aliphatic rings. The molecule has 1 fully saturated rings. The van der Waals surface area contributed by atoms with E-state index in [1.54, 1.807) is 11.2 Å². The number of hydrogen-bond acceptors (Lipinski definition) is 8. The molecule has 1 saturated heterocycles. The predicted molar refractivity (Wildman–Crippen MR) is 148 cm³/mol. The van der Waals surface area contributed by atoms with Gasteiger partial charge in [0.05, 0.1) is 11.2 Å². The lowest BCUT2D eigenvalue weighted by molar-refractivity contribution is 0.00819. The topological polar surface area (TPSA) is 128 Å². The molecule has 1 aromatic carbocycles. The first kappa shape index (κ1) is 27.3. The van der Waals surface area contributed by atoms with Gasteiger partial charge in [0.2, 0.25) is 5.89 Å². The third-order valence-electron chi connectivity index (χ3n) is 6.90. The lowest BCUT2D eigenvalue weighted by Gasteiger charge is -2.39. The maximum Gasteiger partial charge on any atom is 0.410 e. The van der Waals surface area contributed by atoms with Crippen molar-refractivity contribution in [3.63, 3.8) is 0 Å². The van der Waals surface area contributed by atoms with E-state index in [4.69, 9.17) is 9.26 Å². The van der Waals surface area contributed by atoms with Gasteiger partial charge in [-0.1, -0.05) is 30.6 Å². The average molecular weight is 546 g/mol. The minimum Gasteiger partial charge on any atom is -0.444 e. The Balaban J connectivity index is 1.25. The predicted octanol–water partition coefficient (Wildman–Crippen LogP) is 4.69. The summed E-state index contributed by atoms with van der Waals surface area (Å²) in [5.74, 6) is 0.384. The number of fused-ring (bicyclic) bond motifs is 1. The Morgan fingerprint density at radius 1 is 1.20 bits per heavy atom. The van der Waals surface area contributed by atoms with Crippen molar-refractivity contribution >= 4 is 17.5 Å². The van der Waals surface area contributed by atoms with Gasteiger partial charge in [-0.05, 0) is 62.9 Å². The summed E-state index contributed by atoms with van der Waals surface area (Å²) in [6.45, 7) is 11.2. The summed E-state index contributed by atoms with van der Waals surface area (Å²) in [4.78, 5) is 35.3. The van der Waals surface area contributed by atoms with E-state index in [2.05, 4.69) is 44.6 Å². The van der Waals surface area contributed by atoms with Gasteiger partial charge in [0.15, 0.2) is 0 Å². The molecular formula is C29H35N7O4. The third-order valence-corrected chi connectivity index (χ3v) is 6.90. The molecular weight excluding hydrogens is 510 g/mol. The van der Waals surface area contributed by atoms with Crippen LogP contribution in [0.5, 0.6) is 0 Å². The van der Waals surface area contributed by atoms with Gasteiger partial charge in [-0.2, -0.15) is 10.1 Å². The SMILES string of the molecule is CCCCc1nc(C(=O)NCc2ccc(-c3ncnn4cc(C5CN(C(=O)OC(C)(C)C)C5)cc34)cc2C)no1. The second-order valence-corrected chi connectivity index (χ2v) is 11.2. The maximum atomic E-state index is 12.5. The minimum atomic E-state index is -0.511. The molecule has 1 aliphatic heterocycles. The molecule has 4 aromatic rings. The van der Waals surface area contributed by atoms with Gasteiger partial charge in [-0.3, -0.25) is 4.79 Å². The van der Waals surface area contributed by atoms with Crippen molar-refractivity contribution in [1.29, 1.82) is 0 Å². The number of rotatable bonds is 8. The number of nitrogens with one attached hydrogen (secondary N) is 1. The summed E-state index contributed by atoms with van der Waals surface area (Å²) in [5, 5.41) is 11.1. The van der Waals surface area contributed by atoms with E-state index in [0.717, 1.165) is 46.3 Å². The molecule has 0 atom stereocenters. The number of carbonyl (C=O) groups is 2. The molecule has 3 aromatic heterocycles. The number of likely N-dealkylation sites (tertiary alicyclic amines) is 1. The van der Waals surface area contributed by atoms with E-state index in [1.807, 2.05) is 50.5 Å². The zero-order valence-electron chi connectivity index (χ0n) is 23.6. The Bertz CT molecular complexity index is 1530. The molecule has 0 unspecified atom stereocenters. The van der Waals surface area contributed by atoms with E-state index in [-0.39, 0.29) is 23.7 Å². The van der Waals surface area contributed by atoms with E-state index >= 15 is 0 Å². The van der Waals surface area contributed by atoms with Crippen molar-refractivity contribution in [3.05, 3.63) is 65.2 Å². The number of hydrogen-bond donors (Lipinski definition) is 1. The van der Waals surface area contributed by atoms with E-state index < -0.39 is 5.60 Å². The Morgan fingerprint density at radius 2 is 2.00 bits per heavy atom. The second-order valence-electron chi connectivity index (χ2n) is 11.2. The third kappa shape index (κ3) is 5.98. The van der Waals surface area contributed by atoms with Crippen molar-refractivity contribution in [2.75, 3.05) is 13.1 Å². The van der Waals surface area contributed by atoms with E-state index in [1.165, 1.54) is 0 Å². The first-order valence-electron chi connectivity index (χ1n) is 13.6. The van der Waals surface area contributed by atoms with Crippen molar-refractivity contribution in [2.24, 2.45) is 0 Å². The highest BCUT2D eigenvalue weighted by Crippen LogP contribution is 2.32. The number of carbonyl (C=O) groups excluding carboxylic acids is 2. The van der Waals surface area contributed by atoms with Gasteiger partial charge in [0, 0.05) is 43.7 Å². The normalized spacial score (nSPS) is 13.9. The minimum absolute atomic E-state index is 0.0495. The highest BCUT2D eigenvalue weighted by atomic mass is 16.6. The standard InChI is InChI=1S/C29H35N7O4/c1-6-7-8-24-33-26(34-40-24)27(37)30-13-20-10-9-19(11-18(20)2)25-23-12-21(16-36(23)32-17-31-25)22-14-35(15-22)28(38)39-29(3,4)5/h9-12,16-17,22H,6-8,13-15H2,1-5H3,(H,30,37). The second kappa shape index (κ2) is 11.1. The molecule has 5 rings (SSSR count). The van der Waals surface area contributed by atoms with Gasteiger partial charge in [-0.25, -0.2) is 14.3 Å². The first-order chi connectivity index (χ1) is 19.1. The molecule has 11 nitrogen and oxygen atoms in total. The average Bonchev–Trinajstić information content (AvgIpc) is 3.51. The summed E-state index contributed by atoms with van der Waals surface area (Å²) in [6, 6.07) is 8.13. The van der Waals surface area contributed by atoms with Crippen LogP contribution in [0.15, 0.2) is 41.3 Å². The molecule has 40 heavy (non-hydrogen) atoms. The van der Waals surface area contributed by atoms with Crippen LogP contribution in [0.2, 0.25) is 0 Å². The van der Waals surface area contributed by atoms with Gasteiger partial charge in [-0.15, -0.1) is 0 Å². The zero-order chi connectivity index (χ0) is 28.4. The van der Waals surface area contributed by atoms with Crippen molar-refractivity contribution in [1.82, 2.24) is 35.0 Å². The number of nitrogens with zero attached hydrogens (tertiary/aromatic N) is 6. The molecule has 0 radical (unpaired) electrons. The number of aryl methyl sites for hydroxylation is 2. The molecule has 4 heterocycles. The van der Waals surface area contributed by atoms with Gasteiger partial charge in [0.25, 0.3) is 11.7 Å². The first-order valence-corrected chi connectivity index (χ1v) is 13.6. The molecule has 1 N–H and O–H groups in total. The molecule has 0 bridgehead atoms. The summed E-state index contributed by atoms with van der Waals surface area (Å²) < 4.78 is 12.5. The molecule has 0 spiro atoms. The van der Waals surface area contributed by atoms with Crippen molar-refractivity contribution < 1.29 is 18.8 Å². The van der Waals surface area contributed by atoms with Crippen LogP contribution >= 0.6 is 0 Å². The van der Waals surface area contributed by atoms with Crippen LogP contribution in [0, 0.1) is 6.92 Å². The van der Waals surface area contributed by atoms with Gasteiger partial charge in [0.1, 0.15) is 11.9 Å². The fourth-order valence-electron chi connectivity index (χ4n) is 4.63. The molecule has 11 heteroatoms. The Labute approximate surface area is 232 Å². The highest BCUT2D eigenvalue weighted by Gasteiger charge is 2.35. The Morgan fingerprint density at radius 3 is 2.73 bits per heavy atom. The number of unbranched alkanes of at least 4 members (excludes halogenated alkanes) is 1. The van der Waals surface area contributed by atoms with Crippen molar-refractivity contribution in [3.8, 4) is 11.3 Å². The quantitative estimate of drug-likeness (QED) is 0.338. The molecule has 0 saturated carbocycles. The summed E-state index contributed by atoms with van der Waals surface area (Å²) >= 11 is 0. The number of benzene rings is 1. The van der Waals surface area contributed by atoms with Crippen LogP contribution in [0.3, 0.4) is 0 Å². The highest BCUT2D eigenvalue weighted by molar-refractivity contribution is 5.90. The summed E-state index contributed by atoms with van der Waals surface area (Å²) in [5.41, 5.74) is 5.25. The van der Waals surface area contributed by atoms with Gasteiger partial charge < -0.3 is 19.5 Å². The van der Waals surface area contributed by atoms with E-state index in [0.29, 0.717) is 31.9 Å². The molecule has 2 amide bonds. The Kier molecular flexibility index (Phi) is 7.55. The number of ether oxygens (including phenoxy) is 1. The fraction of sp³-hybridized carbons (Fsp3) is 0.448. The monoisotopic (exact) mass is 545 g/mol. The lowest BCUT2D eigenvalue weighted by Crippen LogP contribution is -2.50. The number of amides is 2. The van der Waals surface area contributed by atoms with Crippen LogP contribution in [0.25, 0.3) is 16.8 Å². The smallest absolute Gasteiger partial charge is 0.410 e. The van der Waals surface area contributed by atoms with Crippen LogP contribution in [0.1, 0.15) is 79.7 Å². The fourth-order valence-corrected chi connectivity index (χ4v) is 4.63. The lowest BCUT2D eigenvalue weighted by atomic mass is 9.94. The van der Waals surface area contributed by atoms with Gasteiger partial charge >= 0.3 is 6.09 Å². The van der Waals surface area contributed by atoms with Crippen LogP contribution in [-0.4, -0.2) is 60.3 Å². The van der Waals surface area contributed by atoms with Crippen LogP contribution < -0.4 is 5.32 Å².